The third-order valence-corrected chi connectivity index (χ3v) is 11.2. The molecular weight excluding hydrogens is 603 g/mol. The van der Waals surface area contributed by atoms with Crippen LogP contribution < -0.4 is 0 Å². The van der Waals surface area contributed by atoms with Gasteiger partial charge in [-0.05, 0) is 85.6 Å². The molecule has 0 N–H and O–H groups in total. The molecule has 0 bridgehead atoms. The van der Waals surface area contributed by atoms with Gasteiger partial charge in [0.25, 0.3) is 0 Å². The van der Waals surface area contributed by atoms with E-state index >= 15 is 0 Å². The third-order valence-electron chi connectivity index (χ3n) is 11.2. The SMILES string of the molecule is CC1(c2ccc3c(c2)c2ccccc2n3-c2ccc3ccccc3c2)c2ccccc2C(c2ccc(-c3ccccc3)cc2)=C2C=CC=CC21. The topological polar surface area (TPSA) is 4.93 Å². The van der Waals surface area contributed by atoms with Crippen LogP contribution in [0.3, 0.4) is 0 Å². The Morgan fingerprint density at radius 3 is 2.10 bits per heavy atom. The molecule has 10 rings (SSSR count). The van der Waals surface area contributed by atoms with Crippen molar-refractivity contribution < 1.29 is 0 Å². The molecule has 1 aromatic heterocycles. The number of allylic oxidation sites excluding steroid dienone is 5. The smallest absolute Gasteiger partial charge is 0.0541 e. The summed E-state index contributed by atoms with van der Waals surface area (Å²) in [5, 5.41) is 5.07. The highest BCUT2D eigenvalue weighted by Gasteiger charge is 2.44. The largest absolute Gasteiger partial charge is 0.309 e. The minimum Gasteiger partial charge on any atom is -0.309 e. The van der Waals surface area contributed by atoms with Crippen LogP contribution in [0.15, 0.2) is 194 Å². The third kappa shape index (κ3) is 4.27. The first kappa shape index (κ1) is 28.8. The fourth-order valence-corrected chi connectivity index (χ4v) is 8.77. The predicted octanol–water partition coefficient (Wildman–Crippen LogP) is 12.5. The molecule has 0 amide bonds. The zero-order valence-electron chi connectivity index (χ0n) is 27.9. The molecular formula is C49H35N. The number of rotatable bonds is 4. The molecule has 7 aromatic carbocycles. The van der Waals surface area contributed by atoms with Gasteiger partial charge >= 0.3 is 0 Å². The van der Waals surface area contributed by atoms with Crippen molar-refractivity contribution in [1.29, 1.82) is 0 Å². The summed E-state index contributed by atoms with van der Waals surface area (Å²) in [5.41, 5.74) is 13.8. The molecule has 2 aliphatic rings. The maximum atomic E-state index is 2.48. The number of fused-ring (bicyclic) bond motifs is 6. The Morgan fingerprint density at radius 1 is 0.520 bits per heavy atom. The molecule has 0 aliphatic heterocycles. The van der Waals surface area contributed by atoms with Crippen molar-refractivity contribution in [2.75, 3.05) is 0 Å². The van der Waals surface area contributed by atoms with E-state index in [0.29, 0.717) is 0 Å². The summed E-state index contributed by atoms with van der Waals surface area (Å²) in [6.07, 6.45) is 9.22. The van der Waals surface area contributed by atoms with Crippen molar-refractivity contribution in [2.45, 2.75) is 12.3 Å². The van der Waals surface area contributed by atoms with Crippen molar-refractivity contribution in [3.05, 3.63) is 216 Å². The van der Waals surface area contributed by atoms with Gasteiger partial charge in [0, 0.05) is 27.8 Å². The Bertz CT molecular complexity index is 2700. The van der Waals surface area contributed by atoms with Gasteiger partial charge in [0.2, 0.25) is 0 Å². The molecule has 2 unspecified atom stereocenters. The summed E-state index contributed by atoms with van der Waals surface area (Å²) < 4.78 is 2.43. The lowest BCUT2D eigenvalue weighted by Gasteiger charge is -2.45. The van der Waals surface area contributed by atoms with Gasteiger partial charge in [-0.1, -0.05) is 165 Å². The number of aromatic nitrogens is 1. The Balaban J connectivity index is 1.16. The van der Waals surface area contributed by atoms with E-state index in [4.69, 9.17) is 0 Å². The van der Waals surface area contributed by atoms with Gasteiger partial charge in [-0.25, -0.2) is 0 Å². The zero-order valence-corrected chi connectivity index (χ0v) is 27.9. The lowest BCUT2D eigenvalue weighted by molar-refractivity contribution is 0.463. The highest BCUT2D eigenvalue weighted by molar-refractivity contribution is 6.10. The van der Waals surface area contributed by atoms with Gasteiger partial charge in [-0.2, -0.15) is 0 Å². The van der Waals surface area contributed by atoms with Gasteiger partial charge in [0.15, 0.2) is 0 Å². The lowest BCUT2D eigenvalue weighted by Crippen LogP contribution is -2.38. The summed E-state index contributed by atoms with van der Waals surface area (Å²) in [6, 6.07) is 60.4. The van der Waals surface area contributed by atoms with Gasteiger partial charge < -0.3 is 4.57 Å². The number of hydrogen-bond acceptors (Lipinski definition) is 0. The maximum Gasteiger partial charge on any atom is 0.0541 e. The second-order valence-electron chi connectivity index (χ2n) is 13.9. The second kappa shape index (κ2) is 11.2. The summed E-state index contributed by atoms with van der Waals surface area (Å²) >= 11 is 0. The van der Waals surface area contributed by atoms with Crippen molar-refractivity contribution in [3.63, 3.8) is 0 Å². The standard InChI is InChI=1S/C49H35N/c1-49(38-28-30-47-43(32-38)40-17-9-12-22-46(40)50(47)39-29-27-34-15-5-6-16-37(34)31-39)44-20-10-7-18-41(44)48(42-19-8-11-21-45(42)49)36-25-23-35(24-26-36)33-13-3-2-4-14-33/h2-32,44H,1H3. The van der Waals surface area contributed by atoms with Crippen LogP contribution in [0.4, 0.5) is 0 Å². The van der Waals surface area contributed by atoms with Crippen LogP contribution in [0, 0.1) is 5.92 Å². The highest BCUT2D eigenvalue weighted by atomic mass is 15.0. The molecule has 1 heterocycles. The van der Waals surface area contributed by atoms with Crippen molar-refractivity contribution in [2.24, 2.45) is 5.92 Å². The molecule has 0 radical (unpaired) electrons. The van der Waals surface area contributed by atoms with E-state index in [1.54, 1.807) is 0 Å². The van der Waals surface area contributed by atoms with Crippen LogP contribution in [0.5, 0.6) is 0 Å². The zero-order chi connectivity index (χ0) is 33.2. The molecule has 1 heteroatoms. The van der Waals surface area contributed by atoms with E-state index in [-0.39, 0.29) is 11.3 Å². The Hall–Kier alpha value is -6.18. The normalized spacial score (nSPS) is 18.1. The summed E-state index contributed by atoms with van der Waals surface area (Å²) in [4.78, 5) is 0. The fraction of sp³-hybridized carbons (Fsp3) is 0.0612. The molecule has 50 heavy (non-hydrogen) atoms. The fourth-order valence-electron chi connectivity index (χ4n) is 8.77. The van der Waals surface area contributed by atoms with Gasteiger partial charge in [0.05, 0.1) is 11.0 Å². The first-order valence-corrected chi connectivity index (χ1v) is 17.6. The van der Waals surface area contributed by atoms with E-state index < -0.39 is 0 Å². The molecule has 1 nitrogen and oxygen atoms in total. The Morgan fingerprint density at radius 2 is 1.22 bits per heavy atom. The van der Waals surface area contributed by atoms with E-state index in [9.17, 15) is 0 Å². The minimum atomic E-state index is -0.277. The van der Waals surface area contributed by atoms with Crippen molar-refractivity contribution in [3.8, 4) is 16.8 Å². The van der Waals surface area contributed by atoms with E-state index in [0.717, 1.165) is 0 Å². The Kier molecular flexibility index (Phi) is 6.44. The maximum absolute atomic E-state index is 2.48. The van der Waals surface area contributed by atoms with Crippen LogP contribution in [-0.4, -0.2) is 4.57 Å². The number of benzene rings is 7. The molecule has 8 aromatic rings. The van der Waals surface area contributed by atoms with Crippen LogP contribution >= 0.6 is 0 Å². The van der Waals surface area contributed by atoms with Crippen molar-refractivity contribution >= 4 is 38.2 Å². The highest BCUT2D eigenvalue weighted by Crippen LogP contribution is 2.54. The molecule has 0 spiro atoms. The summed E-state index contributed by atoms with van der Waals surface area (Å²) in [5.74, 6) is 0.178. The molecule has 0 saturated carbocycles. The average Bonchev–Trinajstić information content (AvgIpc) is 3.52. The predicted molar refractivity (Wildman–Crippen MR) is 211 cm³/mol. The molecule has 2 atom stereocenters. The number of para-hydroxylation sites is 1. The number of nitrogens with zero attached hydrogens (tertiary/aromatic N) is 1. The second-order valence-corrected chi connectivity index (χ2v) is 13.9. The summed E-state index contributed by atoms with van der Waals surface area (Å²) in [7, 11) is 0. The summed E-state index contributed by atoms with van der Waals surface area (Å²) in [6.45, 7) is 2.46. The molecule has 0 saturated heterocycles. The van der Waals surface area contributed by atoms with Gasteiger partial charge in [-0.3, -0.25) is 0 Å². The quantitative estimate of drug-likeness (QED) is 0.181. The molecule has 0 fully saturated rings. The molecule has 236 valence electrons. The van der Waals surface area contributed by atoms with Crippen LogP contribution in [0.1, 0.15) is 29.2 Å². The van der Waals surface area contributed by atoms with E-state index in [1.165, 1.54) is 82.8 Å². The van der Waals surface area contributed by atoms with E-state index in [2.05, 4.69) is 200 Å². The van der Waals surface area contributed by atoms with E-state index in [1.807, 2.05) is 0 Å². The van der Waals surface area contributed by atoms with Crippen LogP contribution in [0.2, 0.25) is 0 Å². The van der Waals surface area contributed by atoms with Gasteiger partial charge in [-0.15, -0.1) is 0 Å². The first-order valence-electron chi connectivity index (χ1n) is 17.6. The average molecular weight is 638 g/mol. The first-order chi connectivity index (χ1) is 24.7. The number of hydrogen-bond donors (Lipinski definition) is 0. The molecule has 2 aliphatic carbocycles. The van der Waals surface area contributed by atoms with Gasteiger partial charge in [0.1, 0.15) is 0 Å². The Labute approximate surface area is 292 Å². The lowest BCUT2D eigenvalue weighted by atomic mass is 9.57. The minimum absolute atomic E-state index is 0.178. The van der Waals surface area contributed by atoms with Crippen LogP contribution in [-0.2, 0) is 5.41 Å². The monoisotopic (exact) mass is 637 g/mol. The van der Waals surface area contributed by atoms with Crippen LogP contribution in [0.25, 0.3) is 55.0 Å². The van der Waals surface area contributed by atoms with Crippen molar-refractivity contribution in [1.82, 2.24) is 4.57 Å².